The molecular weight excluding hydrogens is 292 g/mol. The lowest BCUT2D eigenvalue weighted by Crippen LogP contribution is -2.17. The van der Waals surface area contributed by atoms with Crippen LogP contribution in [0.25, 0.3) is 0 Å². The highest BCUT2D eigenvalue weighted by Crippen LogP contribution is 2.21. The van der Waals surface area contributed by atoms with Gasteiger partial charge in [-0.1, -0.05) is 30.3 Å². The van der Waals surface area contributed by atoms with E-state index in [1.54, 1.807) is 23.3 Å². The highest BCUT2D eigenvalue weighted by Gasteiger charge is 2.19. The third-order valence-electron chi connectivity index (χ3n) is 3.35. The average molecular weight is 308 g/mol. The molecule has 0 radical (unpaired) electrons. The molecule has 0 amide bonds. The van der Waals surface area contributed by atoms with E-state index in [1.807, 2.05) is 37.3 Å². The number of hydrogen-bond donors (Lipinski definition) is 0. The second kappa shape index (κ2) is 6.83. The van der Waals surface area contributed by atoms with Gasteiger partial charge in [-0.2, -0.15) is 5.10 Å². The number of carbonyl (C=O) groups is 1. The highest BCUT2D eigenvalue weighted by atomic mass is 16.5. The Morgan fingerprint density at radius 1 is 1.22 bits per heavy atom. The van der Waals surface area contributed by atoms with Crippen LogP contribution in [0.1, 0.15) is 27.6 Å². The highest BCUT2D eigenvalue weighted by molar-refractivity contribution is 5.89. The van der Waals surface area contributed by atoms with Gasteiger partial charge in [0.25, 0.3) is 0 Å². The Labute approximate surface area is 133 Å². The van der Waals surface area contributed by atoms with E-state index < -0.39 is 12.1 Å². The molecule has 2 aromatic heterocycles. The van der Waals surface area contributed by atoms with Gasteiger partial charge in [0.05, 0.1) is 12.1 Å². The summed E-state index contributed by atoms with van der Waals surface area (Å²) < 4.78 is 7.32. The maximum Gasteiger partial charge on any atom is 0.340 e. The van der Waals surface area contributed by atoms with E-state index in [0.29, 0.717) is 12.1 Å². The van der Waals surface area contributed by atoms with Crippen LogP contribution in [-0.2, 0) is 11.3 Å². The van der Waals surface area contributed by atoms with E-state index in [-0.39, 0.29) is 0 Å². The van der Waals surface area contributed by atoms with E-state index in [2.05, 4.69) is 15.1 Å². The van der Waals surface area contributed by atoms with E-state index in [0.717, 1.165) is 11.1 Å². The van der Waals surface area contributed by atoms with Crippen LogP contribution < -0.4 is 0 Å². The van der Waals surface area contributed by atoms with Crippen molar-refractivity contribution < 1.29 is 9.53 Å². The first kappa shape index (κ1) is 14.9. The predicted molar refractivity (Wildman–Crippen MR) is 83.6 cm³/mol. The zero-order valence-electron chi connectivity index (χ0n) is 12.7. The second-order valence-corrected chi connectivity index (χ2v) is 5.17. The Hall–Kier alpha value is -3.02. The van der Waals surface area contributed by atoms with Gasteiger partial charge in [-0.3, -0.25) is 4.98 Å². The standard InChI is InChI=1S/C17H16N4O2/c1-13-7-15(9-18-8-13)17(22)23-16(10-21-12-19-11-20-21)14-5-3-2-4-6-14/h2-9,11-12,16H,10H2,1H3. The number of ether oxygens (including phenoxy) is 1. The van der Waals surface area contributed by atoms with Crippen molar-refractivity contribution in [3.05, 3.63) is 78.1 Å². The number of carbonyl (C=O) groups excluding carboxylic acids is 1. The molecule has 0 aliphatic carbocycles. The second-order valence-electron chi connectivity index (χ2n) is 5.17. The zero-order chi connectivity index (χ0) is 16.1. The number of aryl methyl sites for hydroxylation is 1. The first-order valence-electron chi connectivity index (χ1n) is 7.22. The molecule has 1 aromatic carbocycles. The summed E-state index contributed by atoms with van der Waals surface area (Å²) in [6.07, 6.45) is 5.80. The number of hydrogen-bond acceptors (Lipinski definition) is 5. The number of rotatable bonds is 5. The molecule has 116 valence electrons. The Morgan fingerprint density at radius 2 is 2.04 bits per heavy atom. The largest absolute Gasteiger partial charge is 0.452 e. The molecule has 1 unspecified atom stereocenters. The summed E-state index contributed by atoms with van der Waals surface area (Å²) in [5.41, 5.74) is 2.24. The van der Waals surface area contributed by atoms with Crippen molar-refractivity contribution in [2.75, 3.05) is 0 Å². The molecule has 0 saturated carbocycles. The molecule has 0 aliphatic rings. The van der Waals surface area contributed by atoms with Crippen LogP contribution >= 0.6 is 0 Å². The van der Waals surface area contributed by atoms with Crippen LogP contribution in [0.4, 0.5) is 0 Å². The van der Waals surface area contributed by atoms with Gasteiger partial charge in [0.15, 0.2) is 0 Å². The lowest BCUT2D eigenvalue weighted by molar-refractivity contribution is 0.0246. The van der Waals surface area contributed by atoms with Crippen molar-refractivity contribution in [2.45, 2.75) is 19.6 Å². The summed E-state index contributed by atoms with van der Waals surface area (Å²) in [7, 11) is 0. The molecule has 0 N–H and O–H groups in total. The van der Waals surface area contributed by atoms with Crippen LogP contribution in [-0.4, -0.2) is 25.7 Å². The zero-order valence-corrected chi connectivity index (χ0v) is 12.7. The van der Waals surface area contributed by atoms with Crippen LogP contribution in [0.5, 0.6) is 0 Å². The normalized spacial score (nSPS) is 11.9. The third-order valence-corrected chi connectivity index (χ3v) is 3.35. The Bertz CT molecular complexity index is 772. The molecule has 23 heavy (non-hydrogen) atoms. The molecule has 3 rings (SSSR count). The molecule has 0 bridgehead atoms. The molecule has 0 saturated heterocycles. The number of aromatic nitrogens is 4. The van der Waals surface area contributed by atoms with E-state index in [9.17, 15) is 4.79 Å². The Morgan fingerprint density at radius 3 is 2.74 bits per heavy atom. The van der Waals surface area contributed by atoms with E-state index in [1.165, 1.54) is 12.5 Å². The maximum absolute atomic E-state index is 12.4. The van der Waals surface area contributed by atoms with E-state index in [4.69, 9.17) is 4.74 Å². The van der Waals surface area contributed by atoms with Gasteiger partial charge < -0.3 is 4.74 Å². The van der Waals surface area contributed by atoms with Crippen LogP contribution in [0.15, 0.2) is 61.4 Å². The fraction of sp³-hybridized carbons (Fsp3) is 0.176. The summed E-state index contributed by atoms with van der Waals surface area (Å²) >= 11 is 0. The van der Waals surface area contributed by atoms with Crippen molar-refractivity contribution in [1.29, 1.82) is 0 Å². The summed E-state index contributed by atoms with van der Waals surface area (Å²) in [4.78, 5) is 20.4. The molecule has 0 spiro atoms. The number of benzene rings is 1. The first-order chi connectivity index (χ1) is 11.2. The molecule has 6 nitrogen and oxygen atoms in total. The number of nitrogens with zero attached hydrogens (tertiary/aromatic N) is 4. The van der Waals surface area contributed by atoms with Crippen molar-refractivity contribution in [1.82, 2.24) is 19.7 Å². The fourth-order valence-corrected chi connectivity index (χ4v) is 2.24. The van der Waals surface area contributed by atoms with Crippen molar-refractivity contribution in [3.8, 4) is 0 Å². The third kappa shape index (κ3) is 3.79. The topological polar surface area (TPSA) is 69.9 Å². The van der Waals surface area contributed by atoms with Crippen LogP contribution in [0, 0.1) is 6.92 Å². The molecular formula is C17H16N4O2. The van der Waals surface area contributed by atoms with Gasteiger partial charge in [0.1, 0.15) is 18.8 Å². The summed E-state index contributed by atoms with van der Waals surface area (Å²) in [5, 5.41) is 4.08. The Kier molecular flexibility index (Phi) is 4.42. The van der Waals surface area contributed by atoms with Gasteiger partial charge in [-0.15, -0.1) is 0 Å². The van der Waals surface area contributed by atoms with Crippen molar-refractivity contribution in [3.63, 3.8) is 0 Å². The van der Waals surface area contributed by atoms with Gasteiger partial charge in [-0.05, 0) is 24.1 Å². The minimum absolute atomic E-state index is 0.398. The van der Waals surface area contributed by atoms with E-state index >= 15 is 0 Å². The van der Waals surface area contributed by atoms with Crippen LogP contribution in [0.2, 0.25) is 0 Å². The predicted octanol–water partition coefficient (Wildman–Crippen LogP) is 2.58. The minimum Gasteiger partial charge on any atom is -0.452 e. The molecule has 6 heteroatoms. The van der Waals surface area contributed by atoms with Gasteiger partial charge in [0.2, 0.25) is 0 Å². The quantitative estimate of drug-likeness (QED) is 0.678. The minimum atomic E-state index is -0.453. The molecule has 0 fully saturated rings. The molecule has 1 atom stereocenters. The number of esters is 1. The monoisotopic (exact) mass is 308 g/mol. The summed E-state index contributed by atoms with van der Waals surface area (Å²) in [5.74, 6) is -0.407. The summed E-state index contributed by atoms with van der Waals surface area (Å²) in [6.45, 7) is 2.28. The fourth-order valence-electron chi connectivity index (χ4n) is 2.24. The molecule has 2 heterocycles. The van der Waals surface area contributed by atoms with Gasteiger partial charge >= 0.3 is 5.97 Å². The molecule has 0 aliphatic heterocycles. The lowest BCUT2D eigenvalue weighted by atomic mass is 10.1. The smallest absolute Gasteiger partial charge is 0.340 e. The summed E-state index contributed by atoms with van der Waals surface area (Å²) in [6, 6.07) is 11.3. The maximum atomic E-state index is 12.4. The SMILES string of the molecule is Cc1cncc(C(=O)OC(Cn2cncn2)c2ccccc2)c1. The van der Waals surface area contributed by atoms with Crippen molar-refractivity contribution >= 4 is 5.97 Å². The van der Waals surface area contributed by atoms with Crippen LogP contribution in [0.3, 0.4) is 0 Å². The average Bonchev–Trinajstić information content (AvgIpc) is 3.08. The molecule has 3 aromatic rings. The number of pyridine rings is 1. The van der Waals surface area contributed by atoms with Gasteiger partial charge in [0, 0.05) is 12.4 Å². The van der Waals surface area contributed by atoms with Gasteiger partial charge in [-0.25, -0.2) is 14.5 Å². The Balaban J connectivity index is 1.82. The lowest BCUT2D eigenvalue weighted by Gasteiger charge is -2.18. The van der Waals surface area contributed by atoms with Crippen molar-refractivity contribution in [2.24, 2.45) is 0 Å². The first-order valence-corrected chi connectivity index (χ1v) is 7.22.